The summed E-state index contributed by atoms with van der Waals surface area (Å²) in [7, 11) is 0. The Morgan fingerprint density at radius 1 is 1.56 bits per heavy atom. The van der Waals surface area contributed by atoms with Crippen molar-refractivity contribution in [3.8, 4) is 6.07 Å². The number of nitriles is 1. The number of alkyl halides is 3. The molecule has 0 radical (unpaired) electrons. The average Bonchev–Trinajstić information content (AvgIpc) is 2.77. The first kappa shape index (κ1) is 14.4. The summed E-state index contributed by atoms with van der Waals surface area (Å²) >= 11 is 0.358. The van der Waals surface area contributed by atoms with Crippen LogP contribution in [0, 0.1) is 11.3 Å². The lowest BCUT2D eigenvalue weighted by Crippen LogP contribution is -2.33. The molecule has 1 heterocycles. The van der Waals surface area contributed by atoms with Crippen LogP contribution >= 0.6 is 11.5 Å². The number of carbonyl (C=O) groups excluding carboxylic acids is 1. The van der Waals surface area contributed by atoms with E-state index < -0.39 is 23.4 Å². The molecule has 0 fully saturated rings. The van der Waals surface area contributed by atoms with Crippen molar-refractivity contribution in [3.05, 3.63) is 10.8 Å². The third-order valence-corrected chi connectivity index (χ3v) is 2.95. The molecule has 1 unspecified atom stereocenters. The Morgan fingerprint density at radius 3 is 2.56 bits per heavy atom. The summed E-state index contributed by atoms with van der Waals surface area (Å²) in [5, 5.41) is 8.62. The van der Waals surface area contributed by atoms with Crippen molar-refractivity contribution in [2.24, 2.45) is 0 Å². The quantitative estimate of drug-likeness (QED) is 0.790. The molecule has 0 bridgehead atoms. The van der Waals surface area contributed by atoms with Crippen molar-refractivity contribution in [3.63, 3.8) is 0 Å². The molecule has 5 nitrogen and oxygen atoms in total. The highest BCUT2D eigenvalue weighted by molar-refractivity contribution is 7.05. The Balaban J connectivity index is 3.15. The van der Waals surface area contributed by atoms with E-state index in [0.717, 1.165) is 6.92 Å². The molecule has 18 heavy (non-hydrogen) atoms. The van der Waals surface area contributed by atoms with Crippen molar-refractivity contribution in [2.45, 2.75) is 25.4 Å². The molecular weight excluding hydrogens is 271 g/mol. The number of ether oxygens (including phenoxy) is 1. The summed E-state index contributed by atoms with van der Waals surface area (Å²) in [6, 6.07) is 1.61. The van der Waals surface area contributed by atoms with E-state index in [9.17, 15) is 18.0 Å². The highest BCUT2D eigenvalue weighted by Crippen LogP contribution is 2.32. The lowest BCUT2D eigenvalue weighted by atomic mass is 9.94. The van der Waals surface area contributed by atoms with Crippen LogP contribution in [-0.2, 0) is 21.1 Å². The van der Waals surface area contributed by atoms with Crippen LogP contribution in [0.1, 0.15) is 24.7 Å². The zero-order valence-electron chi connectivity index (χ0n) is 9.41. The standard InChI is InChI=1S/C9H8F3N3O2S/c1-3-17-7(16)8(2,4-13)6-14-5(15-18-6)9(10,11)12/h3H2,1-2H3. The van der Waals surface area contributed by atoms with E-state index in [0.29, 0.717) is 11.5 Å². The fourth-order valence-electron chi connectivity index (χ4n) is 0.998. The predicted octanol–water partition coefficient (Wildman–Crippen LogP) is 1.90. The maximum absolute atomic E-state index is 12.3. The van der Waals surface area contributed by atoms with Crippen molar-refractivity contribution >= 4 is 17.5 Å². The molecule has 0 amide bonds. The van der Waals surface area contributed by atoms with E-state index in [-0.39, 0.29) is 11.6 Å². The first-order valence-electron chi connectivity index (χ1n) is 4.75. The first-order valence-corrected chi connectivity index (χ1v) is 5.53. The summed E-state index contributed by atoms with van der Waals surface area (Å²) in [4.78, 5) is 14.8. The lowest BCUT2D eigenvalue weighted by molar-refractivity contribution is -0.148. The van der Waals surface area contributed by atoms with Gasteiger partial charge in [-0.15, -0.1) is 0 Å². The summed E-state index contributed by atoms with van der Waals surface area (Å²) in [5.41, 5.74) is -1.88. The van der Waals surface area contributed by atoms with Crippen LogP contribution < -0.4 is 0 Å². The Kier molecular flexibility index (Phi) is 3.91. The second-order valence-corrected chi connectivity index (χ2v) is 4.13. The van der Waals surface area contributed by atoms with Gasteiger partial charge in [0.05, 0.1) is 12.7 Å². The number of rotatable bonds is 3. The number of halogens is 3. The number of hydrogen-bond donors (Lipinski definition) is 0. The maximum Gasteiger partial charge on any atom is 0.452 e. The van der Waals surface area contributed by atoms with Crippen LogP contribution in [0.25, 0.3) is 0 Å². The van der Waals surface area contributed by atoms with Gasteiger partial charge in [-0.3, -0.25) is 0 Å². The normalized spacial score (nSPS) is 14.7. The lowest BCUT2D eigenvalue weighted by Gasteiger charge is -2.15. The molecule has 0 aromatic carbocycles. The number of esters is 1. The molecule has 9 heteroatoms. The number of hydrogen-bond acceptors (Lipinski definition) is 6. The van der Waals surface area contributed by atoms with Crippen LogP contribution in [0.4, 0.5) is 13.2 Å². The first-order chi connectivity index (χ1) is 8.25. The maximum atomic E-state index is 12.3. The SMILES string of the molecule is CCOC(=O)C(C)(C#N)c1nc(C(F)(F)F)ns1. The third kappa shape index (κ3) is 2.59. The topological polar surface area (TPSA) is 75.9 Å². The summed E-state index contributed by atoms with van der Waals surface area (Å²) < 4.78 is 44.7. The number of aromatic nitrogens is 2. The van der Waals surface area contributed by atoms with Crippen LogP contribution in [0.3, 0.4) is 0 Å². The average molecular weight is 279 g/mol. The second kappa shape index (κ2) is 4.89. The molecule has 1 atom stereocenters. The molecule has 1 rings (SSSR count). The van der Waals surface area contributed by atoms with E-state index in [4.69, 9.17) is 5.26 Å². The highest BCUT2D eigenvalue weighted by atomic mass is 32.1. The molecule has 98 valence electrons. The Hall–Kier alpha value is -1.69. The van der Waals surface area contributed by atoms with Gasteiger partial charge < -0.3 is 4.74 Å². The number of carbonyl (C=O) groups is 1. The van der Waals surface area contributed by atoms with Gasteiger partial charge in [-0.2, -0.15) is 22.8 Å². The van der Waals surface area contributed by atoms with E-state index in [1.165, 1.54) is 6.92 Å². The Labute approximate surface area is 104 Å². The van der Waals surface area contributed by atoms with Gasteiger partial charge in [0, 0.05) is 0 Å². The molecule has 0 N–H and O–H groups in total. The Morgan fingerprint density at radius 2 is 2.17 bits per heavy atom. The molecule has 0 saturated heterocycles. The van der Waals surface area contributed by atoms with Crippen molar-refractivity contribution in [2.75, 3.05) is 6.61 Å². The molecule has 1 aromatic rings. The van der Waals surface area contributed by atoms with Gasteiger partial charge in [-0.25, -0.2) is 9.78 Å². The van der Waals surface area contributed by atoms with E-state index >= 15 is 0 Å². The summed E-state index contributed by atoms with van der Waals surface area (Å²) in [5.74, 6) is -2.31. The molecule has 1 aromatic heterocycles. The van der Waals surface area contributed by atoms with Crippen molar-refractivity contribution in [1.82, 2.24) is 9.36 Å². The van der Waals surface area contributed by atoms with Crippen LogP contribution in [0.5, 0.6) is 0 Å². The van der Waals surface area contributed by atoms with E-state index in [1.54, 1.807) is 6.07 Å². The van der Waals surface area contributed by atoms with Crippen LogP contribution in [0.15, 0.2) is 0 Å². The zero-order chi connectivity index (χ0) is 14.0. The molecule has 0 spiro atoms. The summed E-state index contributed by atoms with van der Waals surface area (Å²) in [6.45, 7) is 2.68. The molecule has 0 aliphatic heterocycles. The monoisotopic (exact) mass is 279 g/mol. The fraction of sp³-hybridized carbons (Fsp3) is 0.556. The van der Waals surface area contributed by atoms with Crippen LogP contribution in [-0.4, -0.2) is 21.9 Å². The van der Waals surface area contributed by atoms with Crippen molar-refractivity contribution in [1.29, 1.82) is 5.26 Å². The molecular formula is C9H8F3N3O2S. The Bertz CT molecular complexity index is 494. The van der Waals surface area contributed by atoms with Gasteiger partial charge in [0.2, 0.25) is 11.2 Å². The highest BCUT2D eigenvalue weighted by Gasteiger charge is 2.44. The predicted molar refractivity (Wildman–Crippen MR) is 54.5 cm³/mol. The smallest absolute Gasteiger partial charge is 0.452 e. The second-order valence-electron chi connectivity index (χ2n) is 3.38. The third-order valence-electron chi connectivity index (χ3n) is 2.01. The van der Waals surface area contributed by atoms with E-state index in [1.807, 2.05) is 0 Å². The van der Waals surface area contributed by atoms with Gasteiger partial charge in [-0.05, 0) is 25.4 Å². The van der Waals surface area contributed by atoms with E-state index in [2.05, 4.69) is 14.1 Å². The largest absolute Gasteiger partial charge is 0.464 e. The minimum atomic E-state index is -4.71. The van der Waals surface area contributed by atoms with Crippen LogP contribution in [0.2, 0.25) is 0 Å². The summed E-state index contributed by atoms with van der Waals surface area (Å²) in [6.07, 6.45) is -4.71. The van der Waals surface area contributed by atoms with Gasteiger partial charge in [0.25, 0.3) is 0 Å². The van der Waals surface area contributed by atoms with Gasteiger partial charge in [0.1, 0.15) is 5.01 Å². The fourth-order valence-corrected chi connectivity index (χ4v) is 1.75. The molecule has 0 saturated carbocycles. The van der Waals surface area contributed by atoms with Crippen molar-refractivity contribution < 1.29 is 22.7 Å². The van der Waals surface area contributed by atoms with Gasteiger partial charge in [-0.1, -0.05) is 0 Å². The van der Waals surface area contributed by atoms with Gasteiger partial charge >= 0.3 is 12.1 Å². The number of nitrogens with zero attached hydrogens (tertiary/aromatic N) is 3. The minimum absolute atomic E-state index is 0.0149. The minimum Gasteiger partial charge on any atom is -0.464 e. The molecule has 0 aliphatic rings. The van der Waals surface area contributed by atoms with Gasteiger partial charge in [0.15, 0.2) is 0 Å². The zero-order valence-corrected chi connectivity index (χ0v) is 10.2. The molecule has 0 aliphatic carbocycles.